The van der Waals surface area contributed by atoms with Crippen LogP contribution in [0, 0.1) is 5.92 Å². The number of hydrogen-bond acceptors (Lipinski definition) is 5. The minimum Gasteiger partial charge on any atom is -0.385 e. The van der Waals surface area contributed by atoms with Gasteiger partial charge in [-0.2, -0.15) is 0 Å². The van der Waals surface area contributed by atoms with Gasteiger partial charge in [-0.1, -0.05) is 40.9 Å². The quantitative estimate of drug-likeness (QED) is 0.508. The summed E-state index contributed by atoms with van der Waals surface area (Å²) in [6.07, 6.45) is 3.42. The van der Waals surface area contributed by atoms with Crippen LogP contribution in [-0.4, -0.2) is 37.6 Å². The zero-order valence-corrected chi connectivity index (χ0v) is 19.5. The third-order valence-electron chi connectivity index (χ3n) is 6.48. The molecule has 1 aliphatic carbocycles. The average Bonchev–Trinajstić information content (AvgIpc) is 3.35. The van der Waals surface area contributed by atoms with E-state index >= 15 is 0 Å². The van der Waals surface area contributed by atoms with E-state index in [1.54, 1.807) is 25.1 Å². The zero-order valence-electron chi connectivity index (χ0n) is 17.2. The molecule has 0 unspecified atom stereocenters. The van der Waals surface area contributed by atoms with E-state index in [-0.39, 0.29) is 24.2 Å². The van der Waals surface area contributed by atoms with Crippen molar-refractivity contribution in [3.8, 4) is 0 Å². The number of rotatable bonds is 3. The van der Waals surface area contributed by atoms with Crippen LogP contribution in [0.4, 0.5) is 0 Å². The second kappa shape index (κ2) is 7.30. The van der Waals surface area contributed by atoms with Crippen molar-refractivity contribution >= 4 is 45.8 Å². The van der Waals surface area contributed by atoms with E-state index in [0.717, 1.165) is 11.0 Å². The Hall–Kier alpha value is -1.41. The molecule has 6 nitrogen and oxygen atoms in total. The van der Waals surface area contributed by atoms with Crippen LogP contribution in [0.25, 0.3) is 11.0 Å². The van der Waals surface area contributed by atoms with Gasteiger partial charge in [0.05, 0.1) is 33.2 Å². The molecule has 164 valence electrons. The van der Waals surface area contributed by atoms with E-state index in [0.29, 0.717) is 27.2 Å². The highest BCUT2D eigenvalue weighted by atomic mass is 35.5. The van der Waals surface area contributed by atoms with Crippen LogP contribution in [0.3, 0.4) is 0 Å². The molecule has 3 aromatic rings. The lowest BCUT2D eigenvalue weighted by Crippen LogP contribution is -2.39. The van der Waals surface area contributed by atoms with Crippen LogP contribution in [0.5, 0.6) is 0 Å². The highest BCUT2D eigenvalue weighted by Crippen LogP contribution is 2.53. The van der Waals surface area contributed by atoms with Gasteiger partial charge in [0, 0.05) is 12.1 Å². The molecule has 0 radical (unpaired) electrons. The normalized spacial score (nSPS) is 29.3. The molecule has 5 atom stereocenters. The second-order valence-electron chi connectivity index (χ2n) is 8.88. The average molecular weight is 483 g/mol. The van der Waals surface area contributed by atoms with E-state index < -0.39 is 11.4 Å². The van der Waals surface area contributed by atoms with Crippen molar-refractivity contribution in [1.82, 2.24) is 14.5 Å². The fourth-order valence-corrected chi connectivity index (χ4v) is 5.50. The molecule has 31 heavy (non-hydrogen) atoms. The van der Waals surface area contributed by atoms with Gasteiger partial charge in [0.15, 0.2) is 5.79 Å². The molecule has 9 heteroatoms. The van der Waals surface area contributed by atoms with Crippen LogP contribution in [0.2, 0.25) is 15.2 Å². The van der Waals surface area contributed by atoms with Crippen molar-refractivity contribution in [1.29, 1.82) is 0 Å². The summed E-state index contributed by atoms with van der Waals surface area (Å²) in [4.78, 5) is 8.51. The smallest absolute Gasteiger partial charge is 0.163 e. The monoisotopic (exact) mass is 481 g/mol. The topological polar surface area (TPSA) is 69.4 Å². The minimum atomic E-state index is -1.22. The SMILES string of the molecule is CC1(C)O[C@@H]2[C@H](O1)[C@@H]([C@](C)(O)c1ccc(Cl)c(Cl)c1)C[C@H]2n1ccc2c(Cl)ncnc21. The molecule has 0 bridgehead atoms. The fourth-order valence-electron chi connectivity index (χ4n) is 5.01. The first-order valence-electron chi connectivity index (χ1n) is 10.1. The molecule has 1 saturated carbocycles. The summed E-state index contributed by atoms with van der Waals surface area (Å²) in [5.41, 5.74) is 0.194. The Morgan fingerprint density at radius 2 is 1.84 bits per heavy atom. The van der Waals surface area contributed by atoms with Crippen molar-refractivity contribution in [2.75, 3.05) is 0 Å². The molecule has 3 heterocycles. The Kier molecular flexibility index (Phi) is 5.05. The first kappa shape index (κ1) is 21.4. The summed E-state index contributed by atoms with van der Waals surface area (Å²) in [6, 6.07) is 7.01. The zero-order chi connectivity index (χ0) is 22.1. The molecule has 0 amide bonds. The summed E-state index contributed by atoms with van der Waals surface area (Å²) >= 11 is 18.6. The fraction of sp³-hybridized carbons (Fsp3) is 0.455. The number of nitrogens with zero attached hydrogens (tertiary/aromatic N) is 3. The maximum absolute atomic E-state index is 11.7. The lowest BCUT2D eigenvalue weighted by atomic mass is 9.80. The van der Waals surface area contributed by atoms with Crippen molar-refractivity contribution < 1.29 is 14.6 Å². The Balaban J connectivity index is 1.58. The molecule has 1 N–H and O–H groups in total. The van der Waals surface area contributed by atoms with E-state index in [4.69, 9.17) is 44.3 Å². The molecule has 0 spiro atoms. The van der Waals surface area contributed by atoms with Gasteiger partial charge in [-0.15, -0.1) is 0 Å². The van der Waals surface area contributed by atoms with E-state index in [2.05, 4.69) is 14.5 Å². The van der Waals surface area contributed by atoms with Crippen molar-refractivity contribution in [2.24, 2.45) is 5.92 Å². The first-order chi connectivity index (χ1) is 14.6. The number of ether oxygens (including phenoxy) is 2. The number of fused-ring (bicyclic) bond motifs is 2. The van der Waals surface area contributed by atoms with E-state index in [1.807, 2.05) is 26.1 Å². The van der Waals surface area contributed by atoms with Gasteiger partial charge in [0.2, 0.25) is 0 Å². The summed E-state index contributed by atoms with van der Waals surface area (Å²) in [6.45, 7) is 5.57. The van der Waals surface area contributed by atoms with Crippen LogP contribution in [0.1, 0.15) is 38.8 Å². The maximum atomic E-state index is 11.7. The lowest BCUT2D eigenvalue weighted by molar-refractivity contribution is -0.172. The number of hydrogen-bond donors (Lipinski definition) is 1. The number of benzene rings is 1. The highest BCUT2D eigenvalue weighted by Gasteiger charge is 2.59. The highest BCUT2D eigenvalue weighted by molar-refractivity contribution is 6.42. The number of aliphatic hydroxyl groups is 1. The van der Waals surface area contributed by atoms with Gasteiger partial charge in [0.25, 0.3) is 0 Å². The lowest BCUT2D eigenvalue weighted by Gasteiger charge is -2.34. The molecule has 2 aliphatic rings. The third kappa shape index (κ3) is 3.45. The number of halogens is 3. The van der Waals surface area contributed by atoms with Crippen molar-refractivity contribution in [2.45, 2.75) is 56.8 Å². The van der Waals surface area contributed by atoms with Crippen LogP contribution < -0.4 is 0 Å². The Bertz CT molecular complexity index is 1160. The molecule has 5 rings (SSSR count). The van der Waals surface area contributed by atoms with Gasteiger partial charge in [-0.3, -0.25) is 0 Å². The van der Waals surface area contributed by atoms with Crippen molar-refractivity contribution in [3.05, 3.63) is 57.6 Å². The third-order valence-corrected chi connectivity index (χ3v) is 7.52. The van der Waals surface area contributed by atoms with Crippen LogP contribution in [0.15, 0.2) is 36.8 Å². The van der Waals surface area contributed by atoms with Gasteiger partial charge >= 0.3 is 0 Å². The molecule has 2 aromatic heterocycles. The van der Waals surface area contributed by atoms with Gasteiger partial charge in [0.1, 0.15) is 23.2 Å². The Labute approximate surface area is 195 Å². The largest absolute Gasteiger partial charge is 0.385 e. The first-order valence-corrected chi connectivity index (χ1v) is 11.2. The summed E-state index contributed by atoms with van der Waals surface area (Å²) in [7, 11) is 0. The second-order valence-corrected chi connectivity index (χ2v) is 10.0. The minimum absolute atomic E-state index is 0.102. The van der Waals surface area contributed by atoms with E-state index in [1.165, 1.54) is 6.33 Å². The molecule has 1 aromatic carbocycles. The predicted molar refractivity (Wildman–Crippen MR) is 120 cm³/mol. The molecule has 1 saturated heterocycles. The Morgan fingerprint density at radius 1 is 1.10 bits per heavy atom. The Morgan fingerprint density at radius 3 is 2.58 bits per heavy atom. The molecule has 2 fully saturated rings. The van der Waals surface area contributed by atoms with Gasteiger partial charge < -0.3 is 19.1 Å². The van der Waals surface area contributed by atoms with E-state index in [9.17, 15) is 5.11 Å². The predicted octanol–water partition coefficient (Wildman–Crippen LogP) is 5.38. The molecular weight excluding hydrogens is 461 g/mol. The van der Waals surface area contributed by atoms with Crippen molar-refractivity contribution in [3.63, 3.8) is 0 Å². The number of aromatic nitrogens is 3. The molecular formula is C22H22Cl3N3O3. The maximum Gasteiger partial charge on any atom is 0.163 e. The van der Waals surface area contributed by atoms with Crippen LogP contribution in [-0.2, 0) is 15.1 Å². The summed E-state index contributed by atoms with van der Waals surface area (Å²) in [5.74, 6) is -1.02. The summed E-state index contributed by atoms with van der Waals surface area (Å²) in [5, 5.41) is 13.7. The van der Waals surface area contributed by atoms with Crippen LogP contribution >= 0.6 is 34.8 Å². The summed E-state index contributed by atoms with van der Waals surface area (Å²) < 4.78 is 14.7. The van der Waals surface area contributed by atoms with Gasteiger partial charge in [-0.25, -0.2) is 9.97 Å². The van der Waals surface area contributed by atoms with Gasteiger partial charge in [-0.05, 0) is 51.0 Å². The molecule has 1 aliphatic heterocycles. The standard InChI is InChI=1S/C22H22Cl3N3O3/c1-21(2)30-17-13(22(3,29)11-4-5-14(23)15(24)8-11)9-16(18(17)31-21)28-7-6-12-19(25)26-10-27-20(12)28/h4-8,10,13,16-18,29H,9H2,1-3H3/t13-,16+,17+,18-,22+/m0/s1.